The van der Waals surface area contributed by atoms with Crippen LogP contribution in [0.25, 0.3) is 4.85 Å². The van der Waals surface area contributed by atoms with E-state index in [4.69, 9.17) is 22.9 Å². The number of aliphatic hydroxyl groups excluding tert-OH is 1. The van der Waals surface area contributed by atoms with E-state index in [1.807, 2.05) is 29.2 Å². The number of nitrogens with zero attached hydrogens (tertiary/aromatic N) is 4. The van der Waals surface area contributed by atoms with Crippen molar-refractivity contribution in [3.05, 3.63) is 99.1 Å². The molecule has 3 fully saturated rings. The second-order valence-corrected chi connectivity index (χ2v) is 17.8. The third-order valence-corrected chi connectivity index (χ3v) is 13.0. The van der Waals surface area contributed by atoms with Crippen LogP contribution in [-0.2, 0) is 16.0 Å². The van der Waals surface area contributed by atoms with Gasteiger partial charge in [-0.3, -0.25) is 34.3 Å². The maximum absolute atomic E-state index is 15.4. The van der Waals surface area contributed by atoms with Crippen LogP contribution in [0.3, 0.4) is 0 Å². The van der Waals surface area contributed by atoms with Crippen LogP contribution < -0.4 is 20.3 Å². The molecule has 312 valence electrons. The number of anilines is 1. The Kier molecular flexibility index (Phi) is 12.1. The zero-order chi connectivity index (χ0) is 42.2. The summed E-state index contributed by atoms with van der Waals surface area (Å²) in [5.74, 6) is -1.64. The van der Waals surface area contributed by atoms with Crippen LogP contribution in [0, 0.1) is 23.2 Å². The van der Waals surface area contributed by atoms with Gasteiger partial charge in [0.05, 0.1) is 17.3 Å². The van der Waals surface area contributed by atoms with Crippen LogP contribution in [0.1, 0.15) is 104 Å². The van der Waals surface area contributed by atoms with Crippen molar-refractivity contribution in [1.82, 2.24) is 20.4 Å². The second-order valence-electron chi connectivity index (χ2n) is 17.4. The molecule has 12 nitrogen and oxygen atoms in total. The summed E-state index contributed by atoms with van der Waals surface area (Å²) in [7, 11) is 0. The number of fused-ring (bicyclic) bond motifs is 1. The molecule has 3 heterocycles. The third-order valence-electron chi connectivity index (χ3n) is 12.7. The van der Waals surface area contributed by atoms with Crippen molar-refractivity contribution in [2.24, 2.45) is 10.8 Å². The number of carbonyl (C=O) groups is 4. The zero-order valence-electron chi connectivity index (χ0n) is 34.0. The molecule has 0 radical (unpaired) electrons. The summed E-state index contributed by atoms with van der Waals surface area (Å²) in [4.78, 5) is 59.5. The second kappa shape index (κ2) is 16.9. The summed E-state index contributed by atoms with van der Waals surface area (Å²) in [6.45, 7) is 19.2. The fourth-order valence-electron chi connectivity index (χ4n) is 9.73. The van der Waals surface area contributed by atoms with Crippen molar-refractivity contribution in [3.63, 3.8) is 0 Å². The molecule has 2 saturated heterocycles. The van der Waals surface area contributed by atoms with E-state index in [1.54, 1.807) is 18.2 Å². The number of halogens is 2. The minimum atomic E-state index is -1.46. The molecule has 0 spiro atoms. The van der Waals surface area contributed by atoms with Crippen molar-refractivity contribution in [2.45, 2.75) is 97.1 Å². The molecule has 0 bridgehead atoms. The van der Waals surface area contributed by atoms with E-state index in [1.165, 1.54) is 17.7 Å². The molecular formula is C45H52ClFN6O6. The highest BCUT2D eigenvalue weighted by Crippen LogP contribution is 2.55. The van der Waals surface area contributed by atoms with Gasteiger partial charge in [-0.25, -0.2) is 9.24 Å². The molecule has 0 aromatic heterocycles. The Bertz CT molecular complexity index is 2150. The number of carbonyl (C=O) groups excluding carboxylic acids is 4. The number of piperazine rings is 1. The number of unbranched alkanes of at least 4 members (excludes halogenated alkanes) is 3. The summed E-state index contributed by atoms with van der Waals surface area (Å²) < 4.78 is 21.7. The van der Waals surface area contributed by atoms with Gasteiger partial charge in [0.25, 0.3) is 11.8 Å². The predicted octanol–water partition coefficient (Wildman–Crippen LogP) is 6.82. The number of nitrogens with one attached hydrogen (secondary N) is 2. The summed E-state index contributed by atoms with van der Waals surface area (Å²) in [6, 6.07) is 14.5. The van der Waals surface area contributed by atoms with Gasteiger partial charge in [-0.15, -0.1) is 0 Å². The van der Waals surface area contributed by atoms with Gasteiger partial charge in [0.15, 0.2) is 6.23 Å². The van der Waals surface area contributed by atoms with Crippen molar-refractivity contribution in [3.8, 4) is 5.75 Å². The summed E-state index contributed by atoms with van der Waals surface area (Å²) in [5.41, 5.74) is 2.12. The van der Waals surface area contributed by atoms with E-state index in [2.05, 4.69) is 48.1 Å². The van der Waals surface area contributed by atoms with Crippen molar-refractivity contribution in [2.75, 3.05) is 37.6 Å². The molecular weight excluding hydrogens is 775 g/mol. The monoisotopic (exact) mass is 826 g/mol. The lowest BCUT2D eigenvalue weighted by molar-refractivity contribution is -0.164. The first-order valence-electron chi connectivity index (χ1n) is 20.5. The maximum Gasteiger partial charge on any atom is 0.257 e. The normalized spacial score (nSPS) is 23.6. The minimum Gasteiger partial charge on any atom is -0.489 e. The van der Waals surface area contributed by atoms with Crippen molar-refractivity contribution < 1.29 is 33.4 Å². The Balaban J connectivity index is 0.810. The van der Waals surface area contributed by atoms with E-state index in [0.29, 0.717) is 40.8 Å². The van der Waals surface area contributed by atoms with Crippen LogP contribution in [0.2, 0.25) is 5.02 Å². The van der Waals surface area contributed by atoms with Gasteiger partial charge < -0.3 is 20.1 Å². The quantitative estimate of drug-likeness (QED) is 0.0972. The topological polar surface area (TPSA) is 136 Å². The zero-order valence-corrected chi connectivity index (χ0v) is 34.8. The Morgan fingerprint density at radius 2 is 1.68 bits per heavy atom. The first kappa shape index (κ1) is 42.1. The molecule has 3 N–H and O–H groups in total. The van der Waals surface area contributed by atoms with Gasteiger partial charge in [0.1, 0.15) is 23.7 Å². The molecule has 7 rings (SSSR count). The molecule has 2 unspecified atom stereocenters. The summed E-state index contributed by atoms with van der Waals surface area (Å²) in [5, 5.41) is 16.7. The molecule has 59 heavy (non-hydrogen) atoms. The molecule has 4 aliphatic rings. The van der Waals surface area contributed by atoms with Gasteiger partial charge in [-0.2, -0.15) is 0 Å². The highest BCUT2D eigenvalue weighted by molar-refractivity contribution is 6.33. The maximum atomic E-state index is 15.4. The number of piperidine rings is 1. The Morgan fingerprint density at radius 3 is 2.34 bits per heavy atom. The highest BCUT2D eigenvalue weighted by Gasteiger charge is 2.64. The smallest absolute Gasteiger partial charge is 0.257 e. The minimum absolute atomic E-state index is 0.0601. The molecule has 4 amide bonds. The number of ether oxygens (including phenoxy) is 1. The van der Waals surface area contributed by atoms with E-state index in [-0.39, 0.29) is 52.9 Å². The Morgan fingerprint density at radius 1 is 0.983 bits per heavy atom. The van der Waals surface area contributed by atoms with Crippen LogP contribution >= 0.6 is 11.6 Å². The lowest BCUT2D eigenvalue weighted by Crippen LogP contribution is -2.74. The van der Waals surface area contributed by atoms with Gasteiger partial charge in [0, 0.05) is 66.2 Å². The Hall–Kier alpha value is -5.03. The summed E-state index contributed by atoms with van der Waals surface area (Å²) in [6.07, 6.45) is 3.73. The number of benzene rings is 3. The SMILES string of the molecule is [C-]#[N+]c1ccc(OC2C(C)(C)C(NC(=O)c3ccc(CCCCCCN4CCN(c5cc6c(cc5F)C(O)N(C5CCC(=O)NC5=O)C6=O)CC4)cc3)C2(C)C)cc1Cl. The molecule has 2 atom stereocenters. The number of rotatable bonds is 13. The first-order valence-corrected chi connectivity index (χ1v) is 20.9. The van der Waals surface area contributed by atoms with Crippen molar-refractivity contribution in [1.29, 1.82) is 0 Å². The fraction of sp³-hybridized carbons (Fsp3) is 0.489. The average Bonchev–Trinajstić information content (AvgIpc) is 3.44. The lowest BCUT2D eigenvalue weighted by atomic mass is 9.49. The van der Waals surface area contributed by atoms with Gasteiger partial charge in [-0.1, -0.05) is 70.3 Å². The van der Waals surface area contributed by atoms with Crippen molar-refractivity contribution >= 4 is 46.6 Å². The lowest BCUT2D eigenvalue weighted by Gasteiger charge is -2.63. The van der Waals surface area contributed by atoms with E-state index >= 15 is 4.39 Å². The Labute approximate surface area is 349 Å². The average molecular weight is 827 g/mol. The van der Waals surface area contributed by atoms with E-state index in [0.717, 1.165) is 56.6 Å². The largest absolute Gasteiger partial charge is 0.489 e. The molecule has 14 heteroatoms. The third kappa shape index (κ3) is 8.40. The molecule has 3 aromatic rings. The van der Waals surface area contributed by atoms with E-state index in [9.17, 15) is 24.3 Å². The van der Waals surface area contributed by atoms with Crippen LogP contribution in [0.15, 0.2) is 54.6 Å². The molecule has 1 aliphatic carbocycles. The van der Waals surface area contributed by atoms with Crippen LogP contribution in [0.5, 0.6) is 5.75 Å². The van der Waals surface area contributed by atoms with Crippen LogP contribution in [-0.4, -0.2) is 89.4 Å². The number of amides is 4. The van der Waals surface area contributed by atoms with Crippen LogP contribution in [0.4, 0.5) is 15.8 Å². The molecule has 1 saturated carbocycles. The van der Waals surface area contributed by atoms with Gasteiger partial charge in [-0.05, 0) is 74.2 Å². The standard InChI is InChI=1S/C45H52ClFN6O6/c1-44(2)42(45(3,4)43(44)59-29-15-16-34(48-5)32(46)24-29)50-38(55)28-13-11-27(12-14-28)10-8-6-7-9-19-51-20-22-52(23-21-51)36-26-31-30(25-33(36)47)40(57)53(41(31)58)35-17-18-37(54)49-39(35)56/h11-16,24-26,35,40,42-43,57H,6-10,17-23H2,1-4H3,(H,50,55)(H,49,54,56). The molecule has 3 aliphatic heterocycles. The number of hydrogen-bond donors (Lipinski definition) is 3. The van der Waals surface area contributed by atoms with Gasteiger partial charge in [0.2, 0.25) is 17.5 Å². The summed E-state index contributed by atoms with van der Waals surface area (Å²) >= 11 is 6.24. The van der Waals surface area contributed by atoms with Gasteiger partial charge >= 0.3 is 0 Å². The predicted molar refractivity (Wildman–Crippen MR) is 222 cm³/mol. The first-order chi connectivity index (χ1) is 28.1. The van der Waals surface area contributed by atoms with E-state index < -0.39 is 35.8 Å². The number of imide groups is 1. The fourth-order valence-corrected chi connectivity index (χ4v) is 9.95. The number of hydrogen-bond acceptors (Lipinski definition) is 8. The highest BCUT2D eigenvalue weighted by atomic mass is 35.5. The number of aliphatic hydroxyl groups is 1. The number of aryl methyl sites for hydroxylation is 1. The molecule has 3 aromatic carbocycles.